The van der Waals surface area contributed by atoms with Crippen molar-refractivity contribution in [2.45, 2.75) is 19.4 Å². The van der Waals surface area contributed by atoms with Crippen molar-refractivity contribution in [1.29, 1.82) is 0 Å². The highest BCUT2D eigenvalue weighted by atomic mass is 79.9. The van der Waals surface area contributed by atoms with Crippen LogP contribution < -0.4 is 4.90 Å². The Labute approximate surface area is 105 Å². The van der Waals surface area contributed by atoms with Gasteiger partial charge in [-0.05, 0) is 30.0 Å². The van der Waals surface area contributed by atoms with Crippen LogP contribution in [0.2, 0.25) is 0 Å². The van der Waals surface area contributed by atoms with Gasteiger partial charge >= 0.3 is 0 Å². The molecule has 2 heterocycles. The van der Waals surface area contributed by atoms with Crippen molar-refractivity contribution in [1.82, 2.24) is 0 Å². The normalized spacial score (nSPS) is 28.5. The van der Waals surface area contributed by atoms with E-state index >= 15 is 0 Å². The van der Waals surface area contributed by atoms with Crippen molar-refractivity contribution in [3.8, 4) is 0 Å². The van der Waals surface area contributed by atoms with Gasteiger partial charge in [-0.25, -0.2) is 0 Å². The molecule has 0 amide bonds. The van der Waals surface area contributed by atoms with Crippen molar-refractivity contribution in [2.75, 3.05) is 24.7 Å². The molecule has 3 heteroatoms. The van der Waals surface area contributed by atoms with E-state index in [0.717, 1.165) is 19.8 Å². The molecule has 1 saturated heterocycles. The van der Waals surface area contributed by atoms with Gasteiger partial charge < -0.3 is 9.64 Å². The Balaban J connectivity index is 2.04. The topological polar surface area (TPSA) is 12.5 Å². The Morgan fingerprint density at radius 1 is 1.44 bits per heavy atom. The average molecular weight is 282 g/mol. The summed E-state index contributed by atoms with van der Waals surface area (Å²) in [6.07, 6.45) is 1.17. The first-order valence-electron chi connectivity index (χ1n) is 5.88. The predicted molar refractivity (Wildman–Crippen MR) is 69.0 cm³/mol. The molecule has 2 atom stereocenters. The number of morpholine rings is 1. The third-order valence-electron chi connectivity index (χ3n) is 3.72. The lowest BCUT2D eigenvalue weighted by Gasteiger charge is -2.45. The number of ether oxygens (including phenoxy) is 1. The number of rotatable bonds is 0. The average Bonchev–Trinajstić information content (AvgIpc) is 2.31. The summed E-state index contributed by atoms with van der Waals surface area (Å²) in [7, 11) is 0. The second-order valence-electron chi connectivity index (χ2n) is 4.79. The fourth-order valence-electron chi connectivity index (χ4n) is 2.85. The van der Waals surface area contributed by atoms with E-state index in [-0.39, 0.29) is 0 Å². The number of anilines is 1. The molecule has 86 valence electrons. The molecule has 1 aromatic carbocycles. The fraction of sp³-hybridized carbons (Fsp3) is 0.538. The molecule has 2 aliphatic heterocycles. The first-order chi connectivity index (χ1) is 7.75. The molecule has 2 nitrogen and oxygen atoms in total. The summed E-state index contributed by atoms with van der Waals surface area (Å²) in [6, 6.07) is 7.21. The van der Waals surface area contributed by atoms with Gasteiger partial charge in [-0.3, -0.25) is 0 Å². The lowest BCUT2D eigenvalue weighted by Crippen LogP contribution is -2.52. The first-order valence-corrected chi connectivity index (χ1v) is 6.68. The van der Waals surface area contributed by atoms with Crippen LogP contribution in [-0.2, 0) is 11.2 Å². The molecular weight excluding hydrogens is 266 g/mol. The Hall–Kier alpha value is -0.540. The Kier molecular flexibility index (Phi) is 2.68. The molecule has 1 aromatic rings. The summed E-state index contributed by atoms with van der Waals surface area (Å²) in [5.41, 5.74) is 2.88. The van der Waals surface area contributed by atoms with Crippen molar-refractivity contribution in [2.24, 2.45) is 5.92 Å². The van der Waals surface area contributed by atoms with E-state index in [1.54, 1.807) is 0 Å². The van der Waals surface area contributed by atoms with Crippen LogP contribution in [0.25, 0.3) is 0 Å². The van der Waals surface area contributed by atoms with Crippen molar-refractivity contribution >= 4 is 21.6 Å². The minimum absolute atomic E-state index is 0.565. The molecule has 3 rings (SSSR count). The van der Waals surface area contributed by atoms with Crippen molar-refractivity contribution < 1.29 is 4.74 Å². The van der Waals surface area contributed by atoms with E-state index in [9.17, 15) is 0 Å². The largest absolute Gasteiger partial charge is 0.377 e. The fourth-order valence-corrected chi connectivity index (χ4v) is 3.20. The Morgan fingerprint density at radius 2 is 2.31 bits per heavy atom. The maximum Gasteiger partial charge on any atom is 0.0673 e. The van der Waals surface area contributed by atoms with Crippen LogP contribution in [0.4, 0.5) is 5.69 Å². The van der Waals surface area contributed by atoms with Crippen LogP contribution >= 0.6 is 15.9 Å². The van der Waals surface area contributed by atoms with Crippen LogP contribution in [0.15, 0.2) is 22.7 Å². The molecule has 0 saturated carbocycles. The van der Waals surface area contributed by atoms with E-state index in [1.807, 2.05) is 0 Å². The molecule has 0 radical (unpaired) electrons. The van der Waals surface area contributed by atoms with E-state index in [1.165, 1.54) is 22.1 Å². The van der Waals surface area contributed by atoms with Gasteiger partial charge in [0.05, 0.1) is 19.3 Å². The third-order valence-corrected chi connectivity index (χ3v) is 4.21. The van der Waals surface area contributed by atoms with Crippen LogP contribution in [-0.4, -0.2) is 25.8 Å². The zero-order valence-electron chi connectivity index (χ0n) is 9.45. The van der Waals surface area contributed by atoms with Gasteiger partial charge in [-0.15, -0.1) is 0 Å². The van der Waals surface area contributed by atoms with Crippen LogP contribution in [0.1, 0.15) is 12.5 Å². The second kappa shape index (κ2) is 4.04. The molecule has 2 unspecified atom stereocenters. The van der Waals surface area contributed by atoms with E-state index < -0.39 is 0 Å². The summed E-state index contributed by atoms with van der Waals surface area (Å²) in [4.78, 5) is 2.53. The van der Waals surface area contributed by atoms with E-state index in [4.69, 9.17) is 4.74 Å². The van der Waals surface area contributed by atoms with Gasteiger partial charge in [0, 0.05) is 16.7 Å². The maximum atomic E-state index is 5.60. The minimum Gasteiger partial charge on any atom is -0.377 e. The van der Waals surface area contributed by atoms with Gasteiger partial charge in [-0.2, -0.15) is 0 Å². The smallest absolute Gasteiger partial charge is 0.0673 e. The standard InChI is InChI=1S/C13H16BrNO/c1-9-6-10-2-3-11(14)7-12(10)15-4-5-16-8-13(9)15/h2-3,7,9,13H,4-6,8H2,1H3. The monoisotopic (exact) mass is 281 g/mol. The lowest BCUT2D eigenvalue weighted by molar-refractivity contribution is 0.0751. The molecule has 2 aliphatic rings. The summed E-state index contributed by atoms with van der Waals surface area (Å²) < 4.78 is 6.77. The molecule has 0 N–H and O–H groups in total. The summed E-state index contributed by atoms with van der Waals surface area (Å²) >= 11 is 3.56. The molecule has 0 aromatic heterocycles. The van der Waals surface area contributed by atoms with Crippen LogP contribution in [0.3, 0.4) is 0 Å². The highest BCUT2D eigenvalue weighted by Gasteiger charge is 2.33. The van der Waals surface area contributed by atoms with Crippen molar-refractivity contribution in [3.63, 3.8) is 0 Å². The second-order valence-corrected chi connectivity index (χ2v) is 5.71. The number of halogens is 1. The zero-order valence-corrected chi connectivity index (χ0v) is 11.0. The molecule has 0 aliphatic carbocycles. The number of hydrogen-bond acceptors (Lipinski definition) is 2. The molecule has 16 heavy (non-hydrogen) atoms. The molecular formula is C13H16BrNO. The van der Waals surface area contributed by atoms with Gasteiger partial charge in [0.2, 0.25) is 0 Å². The quantitative estimate of drug-likeness (QED) is 0.725. The highest BCUT2D eigenvalue weighted by molar-refractivity contribution is 9.10. The predicted octanol–water partition coefficient (Wildman–Crippen LogP) is 2.85. The lowest BCUT2D eigenvalue weighted by atomic mass is 9.86. The SMILES string of the molecule is CC1Cc2ccc(Br)cc2N2CCOCC12. The Morgan fingerprint density at radius 3 is 3.19 bits per heavy atom. The molecule has 0 spiro atoms. The summed E-state index contributed by atoms with van der Waals surface area (Å²) in [5.74, 6) is 0.689. The Bertz CT molecular complexity index is 407. The number of fused-ring (bicyclic) bond motifs is 3. The van der Waals surface area contributed by atoms with E-state index in [2.05, 4.69) is 46.0 Å². The van der Waals surface area contributed by atoms with E-state index in [0.29, 0.717) is 12.0 Å². The van der Waals surface area contributed by atoms with Gasteiger partial charge in [0.25, 0.3) is 0 Å². The molecule has 1 fully saturated rings. The zero-order chi connectivity index (χ0) is 11.1. The number of hydrogen-bond donors (Lipinski definition) is 0. The number of nitrogens with zero attached hydrogens (tertiary/aromatic N) is 1. The summed E-state index contributed by atoms with van der Waals surface area (Å²) in [5, 5.41) is 0. The van der Waals surface area contributed by atoms with Gasteiger partial charge in [0.15, 0.2) is 0 Å². The maximum absolute atomic E-state index is 5.60. The highest BCUT2D eigenvalue weighted by Crippen LogP contribution is 2.36. The summed E-state index contributed by atoms with van der Waals surface area (Å²) in [6.45, 7) is 5.10. The van der Waals surface area contributed by atoms with Gasteiger partial charge in [0.1, 0.15) is 0 Å². The van der Waals surface area contributed by atoms with Crippen molar-refractivity contribution in [3.05, 3.63) is 28.2 Å². The number of benzene rings is 1. The van der Waals surface area contributed by atoms with Gasteiger partial charge in [-0.1, -0.05) is 28.9 Å². The minimum atomic E-state index is 0.565. The first kappa shape index (κ1) is 10.6. The molecule has 0 bridgehead atoms. The van der Waals surface area contributed by atoms with Crippen LogP contribution in [0, 0.1) is 5.92 Å². The van der Waals surface area contributed by atoms with Crippen LogP contribution in [0.5, 0.6) is 0 Å². The third kappa shape index (κ3) is 1.66.